The van der Waals surface area contributed by atoms with E-state index in [-0.39, 0.29) is 6.10 Å². The van der Waals surface area contributed by atoms with Gasteiger partial charge in [0, 0.05) is 20.2 Å². The van der Waals surface area contributed by atoms with Crippen LogP contribution in [0.5, 0.6) is 0 Å². The first-order valence-corrected chi connectivity index (χ1v) is 7.72. The lowest BCUT2D eigenvalue weighted by Gasteiger charge is -2.37. The zero-order valence-corrected chi connectivity index (χ0v) is 13.4. The third kappa shape index (κ3) is 3.01. The van der Waals surface area contributed by atoms with Crippen LogP contribution in [0.3, 0.4) is 0 Å². The second-order valence-electron chi connectivity index (χ2n) is 5.63. The molecule has 0 bridgehead atoms. The normalized spacial score (nSPS) is 22.1. The van der Waals surface area contributed by atoms with Crippen LogP contribution in [-0.4, -0.2) is 36.5 Å². The molecule has 2 atom stereocenters. The van der Waals surface area contributed by atoms with Crippen LogP contribution in [-0.2, 0) is 17.6 Å². The van der Waals surface area contributed by atoms with E-state index in [1.807, 2.05) is 6.92 Å². The summed E-state index contributed by atoms with van der Waals surface area (Å²) < 4.78 is 5.56. The molecule has 0 aliphatic carbocycles. The van der Waals surface area contributed by atoms with E-state index in [1.165, 1.54) is 0 Å². The summed E-state index contributed by atoms with van der Waals surface area (Å²) in [6.45, 7) is 8.00. The summed E-state index contributed by atoms with van der Waals surface area (Å²) in [6, 6.07) is 2.35. The molecule has 5 nitrogen and oxygen atoms in total. The molecule has 0 spiro atoms. The van der Waals surface area contributed by atoms with Gasteiger partial charge < -0.3 is 9.64 Å². The minimum absolute atomic E-state index is 0.183. The Hall–Kier alpha value is -1.67. The molecule has 1 aromatic rings. The summed E-state index contributed by atoms with van der Waals surface area (Å²) >= 11 is 0. The van der Waals surface area contributed by atoms with Gasteiger partial charge in [0.1, 0.15) is 11.6 Å². The fraction of sp³-hybridized carbons (Fsp3) is 0.688. The van der Waals surface area contributed by atoms with Crippen LogP contribution in [0.25, 0.3) is 0 Å². The van der Waals surface area contributed by atoms with Crippen molar-refractivity contribution in [3.05, 3.63) is 16.8 Å². The number of nitriles is 1. The molecule has 1 fully saturated rings. The Morgan fingerprint density at radius 2 is 2.10 bits per heavy atom. The highest BCUT2D eigenvalue weighted by molar-refractivity contribution is 5.58. The van der Waals surface area contributed by atoms with E-state index in [0.717, 1.165) is 49.4 Å². The number of hydrogen-bond acceptors (Lipinski definition) is 5. The van der Waals surface area contributed by atoms with Gasteiger partial charge in [-0.15, -0.1) is 5.10 Å². The number of aryl methyl sites for hydroxylation is 1. The third-order valence-electron chi connectivity index (χ3n) is 4.43. The number of rotatable bonds is 4. The number of methoxy groups -OCH3 is 1. The molecule has 21 heavy (non-hydrogen) atoms. The van der Waals surface area contributed by atoms with Crippen molar-refractivity contribution >= 4 is 5.82 Å². The first-order valence-electron chi connectivity index (χ1n) is 7.72. The van der Waals surface area contributed by atoms with Gasteiger partial charge in [0.05, 0.1) is 11.8 Å². The Balaban J connectivity index is 2.38. The van der Waals surface area contributed by atoms with Gasteiger partial charge >= 0.3 is 0 Å². The lowest BCUT2D eigenvalue weighted by molar-refractivity contribution is 0.0496. The van der Waals surface area contributed by atoms with Gasteiger partial charge in [0.25, 0.3) is 0 Å². The van der Waals surface area contributed by atoms with E-state index in [4.69, 9.17) is 4.74 Å². The number of hydrogen-bond donors (Lipinski definition) is 0. The largest absolute Gasteiger partial charge is 0.379 e. The van der Waals surface area contributed by atoms with Crippen LogP contribution < -0.4 is 4.90 Å². The van der Waals surface area contributed by atoms with Crippen LogP contribution in [0.1, 0.15) is 44.0 Å². The second kappa shape index (κ2) is 6.86. The Kier molecular flexibility index (Phi) is 5.13. The number of nitrogens with zero attached hydrogens (tertiary/aromatic N) is 4. The van der Waals surface area contributed by atoms with Crippen LogP contribution in [0.4, 0.5) is 5.82 Å². The standard InChI is InChI=1S/C16H24N4O/c1-5-12-13(9-17)16(19-18-14(12)6-2)20-8-7-11(3)15(10-20)21-4/h11,15H,5-8,10H2,1-4H3. The molecule has 5 heteroatoms. The second-order valence-corrected chi connectivity index (χ2v) is 5.63. The molecule has 0 N–H and O–H groups in total. The van der Waals surface area contributed by atoms with Gasteiger partial charge in [0.15, 0.2) is 5.82 Å². The fourth-order valence-electron chi connectivity index (χ4n) is 3.03. The summed E-state index contributed by atoms with van der Waals surface area (Å²) in [5.74, 6) is 1.26. The Labute approximate surface area is 126 Å². The van der Waals surface area contributed by atoms with Gasteiger partial charge in [-0.2, -0.15) is 10.4 Å². The zero-order valence-electron chi connectivity index (χ0n) is 13.4. The van der Waals surface area contributed by atoms with Crippen molar-refractivity contribution in [3.63, 3.8) is 0 Å². The molecule has 1 aliphatic rings. The highest BCUT2D eigenvalue weighted by atomic mass is 16.5. The van der Waals surface area contributed by atoms with Gasteiger partial charge in [0.2, 0.25) is 0 Å². The van der Waals surface area contributed by atoms with Gasteiger partial charge in [-0.1, -0.05) is 20.8 Å². The molecular weight excluding hydrogens is 264 g/mol. The number of piperidine rings is 1. The minimum atomic E-state index is 0.183. The summed E-state index contributed by atoms with van der Waals surface area (Å²) in [5, 5.41) is 18.3. The number of ether oxygens (including phenoxy) is 1. The Morgan fingerprint density at radius 1 is 1.33 bits per heavy atom. The predicted octanol–water partition coefficient (Wildman–Crippen LogP) is 2.33. The molecule has 1 saturated heterocycles. The minimum Gasteiger partial charge on any atom is -0.379 e. The predicted molar refractivity (Wildman–Crippen MR) is 82.3 cm³/mol. The maximum Gasteiger partial charge on any atom is 0.169 e. The summed E-state index contributed by atoms with van der Waals surface area (Å²) in [6.07, 6.45) is 2.85. The molecule has 0 radical (unpaired) electrons. The van der Waals surface area contributed by atoms with E-state index < -0.39 is 0 Å². The average Bonchev–Trinajstić information content (AvgIpc) is 2.53. The fourth-order valence-corrected chi connectivity index (χ4v) is 3.03. The summed E-state index contributed by atoms with van der Waals surface area (Å²) in [4.78, 5) is 2.15. The van der Waals surface area contributed by atoms with Crippen LogP contribution in [0, 0.1) is 17.2 Å². The topological polar surface area (TPSA) is 62.0 Å². The molecule has 2 unspecified atom stereocenters. The average molecular weight is 288 g/mol. The molecule has 2 heterocycles. The quantitative estimate of drug-likeness (QED) is 0.851. The molecule has 2 rings (SSSR count). The van der Waals surface area contributed by atoms with E-state index >= 15 is 0 Å². The molecule has 0 aromatic carbocycles. The van der Waals surface area contributed by atoms with Crippen molar-refractivity contribution in [1.29, 1.82) is 5.26 Å². The van der Waals surface area contributed by atoms with E-state index in [2.05, 4.69) is 35.0 Å². The molecule has 114 valence electrons. The summed E-state index contributed by atoms with van der Waals surface area (Å²) in [7, 11) is 1.75. The van der Waals surface area contributed by atoms with Crippen molar-refractivity contribution in [2.75, 3.05) is 25.1 Å². The van der Waals surface area contributed by atoms with Crippen LogP contribution in [0.2, 0.25) is 0 Å². The zero-order chi connectivity index (χ0) is 15.4. The first kappa shape index (κ1) is 15.7. The van der Waals surface area contributed by atoms with Crippen molar-refractivity contribution in [1.82, 2.24) is 10.2 Å². The van der Waals surface area contributed by atoms with Gasteiger partial charge in [-0.25, -0.2) is 0 Å². The lowest BCUT2D eigenvalue weighted by atomic mass is 9.95. The maximum atomic E-state index is 9.58. The van der Waals surface area contributed by atoms with Gasteiger partial charge in [-0.3, -0.25) is 0 Å². The molecule has 1 aromatic heterocycles. The van der Waals surface area contributed by atoms with Crippen LogP contribution >= 0.6 is 0 Å². The van der Waals surface area contributed by atoms with Crippen molar-refractivity contribution in [2.24, 2.45) is 5.92 Å². The molecule has 1 aliphatic heterocycles. The molecular formula is C16H24N4O. The van der Waals surface area contributed by atoms with Gasteiger partial charge in [-0.05, 0) is 30.7 Å². The molecule has 0 saturated carbocycles. The molecule has 0 amide bonds. The smallest absolute Gasteiger partial charge is 0.169 e. The van der Waals surface area contributed by atoms with Crippen molar-refractivity contribution in [3.8, 4) is 6.07 Å². The van der Waals surface area contributed by atoms with Crippen molar-refractivity contribution < 1.29 is 4.74 Å². The van der Waals surface area contributed by atoms with Crippen molar-refractivity contribution in [2.45, 2.75) is 46.1 Å². The van der Waals surface area contributed by atoms with Crippen LogP contribution in [0.15, 0.2) is 0 Å². The van der Waals surface area contributed by atoms with E-state index in [0.29, 0.717) is 11.5 Å². The number of aromatic nitrogens is 2. The maximum absolute atomic E-state index is 9.58. The highest BCUT2D eigenvalue weighted by Crippen LogP contribution is 2.28. The SMILES string of the molecule is CCc1nnc(N2CCC(C)C(OC)C2)c(C#N)c1CC. The highest BCUT2D eigenvalue weighted by Gasteiger charge is 2.29. The Bertz CT molecular complexity index is 538. The third-order valence-corrected chi connectivity index (χ3v) is 4.43. The van der Waals surface area contributed by atoms with E-state index in [9.17, 15) is 5.26 Å². The summed E-state index contributed by atoms with van der Waals surface area (Å²) in [5.41, 5.74) is 2.66. The Morgan fingerprint density at radius 3 is 2.67 bits per heavy atom. The van der Waals surface area contributed by atoms with E-state index in [1.54, 1.807) is 7.11 Å². The monoisotopic (exact) mass is 288 g/mol. The number of anilines is 1. The lowest BCUT2D eigenvalue weighted by Crippen LogP contribution is -2.44. The first-order chi connectivity index (χ1) is 10.2.